The molecule has 3 nitrogen and oxygen atoms in total. The van der Waals surface area contributed by atoms with Crippen molar-refractivity contribution in [2.24, 2.45) is 0 Å². The molecule has 0 unspecified atom stereocenters. The second kappa shape index (κ2) is 6.16. The smallest absolute Gasteiger partial charge is 0.160 e. The molecular weight excluding hydrogens is 350 g/mol. The van der Waals surface area contributed by atoms with Crippen molar-refractivity contribution in [3.05, 3.63) is 58.0 Å². The molecule has 3 rings (SSSR count). The van der Waals surface area contributed by atoms with Crippen molar-refractivity contribution in [1.29, 1.82) is 0 Å². The Bertz CT molecular complexity index is 765. The Kier molecular flexibility index (Phi) is 4.27. The van der Waals surface area contributed by atoms with E-state index in [0.29, 0.717) is 5.88 Å². The van der Waals surface area contributed by atoms with E-state index in [2.05, 4.69) is 61.7 Å². The second-order valence-electron chi connectivity index (χ2n) is 5.04. The molecule has 2 heterocycles. The van der Waals surface area contributed by atoms with Crippen LogP contribution in [-0.4, -0.2) is 20.4 Å². The number of imidazole rings is 1. The molecule has 0 aliphatic carbocycles. The highest BCUT2D eigenvalue weighted by Gasteiger charge is 2.12. The molecule has 21 heavy (non-hydrogen) atoms. The first-order valence-corrected chi connectivity index (χ1v) is 8.12. The third kappa shape index (κ3) is 3.11. The number of hydrogen-bond donors (Lipinski definition) is 0. The van der Waals surface area contributed by atoms with Gasteiger partial charge in [0.15, 0.2) is 5.65 Å². The van der Waals surface area contributed by atoms with E-state index in [1.807, 2.05) is 6.07 Å². The van der Waals surface area contributed by atoms with Gasteiger partial charge in [0, 0.05) is 23.0 Å². The largest absolute Gasteiger partial charge is 0.308 e. The number of aromatic nitrogens is 3. The Morgan fingerprint density at radius 3 is 2.71 bits per heavy atom. The molecule has 0 amide bonds. The first-order chi connectivity index (χ1) is 10.2. The highest BCUT2D eigenvalue weighted by molar-refractivity contribution is 9.10. The second-order valence-corrected chi connectivity index (χ2v) is 6.33. The van der Waals surface area contributed by atoms with Crippen molar-refractivity contribution in [3.8, 4) is 0 Å². The third-order valence-electron chi connectivity index (χ3n) is 3.41. The van der Waals surface area contributed by atoms with Crippen molar-refractivity contribution >= 4 is 38.7 Å². The molecule has 2 aromatic heterocycles. The standard InChI is InChI=1S/C16H15BrClN3/c1-11-2-4-12(5-3-11)10-21-15(6-7-18)20-14-8-13(17)9-19-16(14)21/h2-5,8-9H,6-7,10H2,1H3. The summed E-state index contributed by atoms with van der Waals surface area (Å²) in [5.74, 6) is 1.53. The van der Waals surface area contributed by atoms with Gasteiger partial charge >= 0.3 is 0 Å². The van der Waals surface area contributed by atoms with Gasteiger partial charge in [0.25, 0.3) is 0 Å². The van der Waals surface area contributed by atoms with Gasteiger partial charge in [-0.25, -0.2) is 9.97 Å². The molecule has 1 aromatic carbocycles. The van der Waals surface area contributed by atoms with Gasteiger partial charge in [-0.15, -0.1) is 11.6 Å². The van der Waals surface area contributed by atoms with Crippen molar-refractivity contribution in [3.63, 3.8) is 0 Å². The first kappa shape index (κ1) is 14.5. The van der Waals surface area contributed by atoms with Gasteiger partial charge in [-0.2, -0.15) is 0 Å². The molecule has 0 aliphatic rings. The van der Waals surface area contributed by atoms with Crippen molar-refractivity contribution in [1.82, 2.24) is 14.5 Å². The van der Waals surface area contributed by atoms with Gasteiger partial charge in [0.05, 0.1) is 6.54 Å². The summed E-state index contributed by atoms with van der Waals surface area (Å²) >= 11 is 9.35. The van der Waals surface area contributed by atoms with E-state index in [1.54, 1.807) is 6.20 Å². The molecule has 3 aromatic rings. The maximum Gasteiger partial charge on any atom is 0.160 e. The summed E-state index contributed by atoms with van der Waals surface area (Å²) < 4.78 is 3.09. The van der Waals surface area contributed by atoms with Crippen LogP contribution < -0.4 is 0 Å². The number of fused-ring (bicyclic) bond motifs is 1. The molecule has 0 bridgehead atoms. The number of pyridine rings is 1. The Morgan fingerprint density at radius 2 is 2.00 bits per heavy atom. The minimum atomic E-state index is 0.554. The van der Waals surface area contributed by atoms with Crippen LogP contribution >= 0.6 is 27.5 Å². The van der Waals surface area contributed by atoms with Crippen LogP contribution in [0.1, 0.15) is 17.0 Å². The van der Waals surface area contributed by atoms with Crippen LogP contribution in [-0.2, 0) is 13.0 Å². The fourth-order valence-corrected chi connectivity index (χ4v) is 2.84. The van der Waals surface area contributed by atoms with Gasteiger partial charge in [0.2, 0.25) is 0 Å². The lowest BCUT2D eigenvalue weighted by molar-refractivity contribution is 0.747. The number of nitrogens with zero attached hydrogens (tertiary/aromatic N) is 3. The van der Waals surface area contributed by atoms with E-state index in [0.717, 1.165) is 34.4 Å². The van der Waals surface area contributed by atoms with Crippen molar-refractivity contribution in [2.45, 2.75) is 19.9 Å². The zero-order chi connectivity index (χ0) is 14.8. The van der Waals surface area contributed by atoms with E-state index < -0.39 is 0 Å². The highest BCUT2D eigenvalue weighted by atomic mass is 79.9. The molecular formula is C16H15BrClN3. The average molecular weight is 365 g/mol. The summed E-state index contributed by atoms with van der Waals surface area (Å²) in [4.78, 5) is 9.17. The van der Waals surface area contributed by atoms with Crippen molar-refractivity contribution < 1.29 is 0 Å². The van der Waals surface area contributed by atoms with E-state index in [9.17, 15) is 0 Å². The lowest BCUT2D eigenvalue weighted by Gasteiger charge is -2.08. The molecule has 0 atom stereocenters. The van der Waals surface area contributed by atoms with E-state index in [1.165, 1.54) is 11.1 Å². The van der Waals surface area contributed by atoms with Crippen LogP contribution in [0, 0.1) is 6.92 Å². The van der Waals surface area contributed by atoms with Crippen LogP contribution in [0.4, 0.5) is 0 Å². The monoisotopic (exact) mass is 363 g/mol. The predicted molar refractivity (Wildman–Crippen MR) is 89.9 cm³/mol. The maximum absolute atomic E-state index is 5.91. The fourth-order valence-electron chi connectivity index (χ4n) is 2.35. The Balaban J connectivity index is 2.06. The lowest BCUT2D eigenvalue weighted by Crippen LogP contribution is -2.06. The lowest BCUT2D eigenvalue weighted by atomic mass is 10.1. The van der Waals surface area contributed by atoms with Gasteiger partial charge < -0.3 is 4.57 Å². The van der Waals surface area contributed by atoms with Crippen LogP contribution in [0.5, 0.6) is 0 Å². The van der Waals surface area contributed by atoms with Gasteiger partial charge in [-0.3, -0.25) is 0 Å². The summed E-state index contributed by atoms with van der Waals surface area (Å²) in [6.07, 6.45) is 2.54. The van der Waals surface area contributed by atoms with E-state index in [-0.39, 0.29) is 0 Å². The van der Waals surface area contributed by atoms with E-state index in [4.69, 9.17) is 11.6 Å². The third-order valence-corrected chi connectivity index (χ3v) is 4.03. The number of alkyl halides is 1. The highest BCUT2D eigenvalue weighted by Crippen LogP contribution is 2.20. The summed E-state index contributed by atoms with van der Waals surface area (Å²) in [5.41, 5.74) is 4.30. The number of benzene rings is 1. The molecule has 0 saturated carbocycles. The molecule has 0 aliphatic heterocycles. The first-order valence-electron chi connectivity index (χ1n) is 6.79. The number of aryl methyl sites for hydroxylation is 2. The summed E-state index contributed by atoms with van der Waals surface area (Å²) in [6.45, 7) is 2.85. The molecule has 0 spiro atoms. The molecule has 5 heteroatoms. The Hall–Kier alpha value is -1.39. The summed E-state index contributed by atoms with van der Waals surface area (Å²) in [6, 6.07) is 10.5. The molecule has 0 radical (unpaired) electrons. The minimum absolute atomic E-state index is 0.554. The van der Waals surface area contributed by atoms with Crippen LogP contribution in [0.2, 0.25) is 0 Å². The summed E-state index contributed by atoms with van der Waals surface area (Å²) in [5, 5.41) is 0. The number of rotatable bonds is 4. The van der Waals surface area contributed by atoms with Gasteiger partial charge in [-0.05, 0) is 34.5 Å². The SMILES string of the molecule is Cc1ccc(Cn2c(CCCl)nc3cc(Br)cnc32)cc1. The van der Waals surface area contributed by atoms with Gasteiger partial charge in [-0.1, -0.05) is 29.8 Å². The molecule has 108 valence electrons. The number of halogens is 2. The van der Waals surface area contributed by atoms with E-state index >= 15 is 0 Å². The Morgan fingerprint density at radius 1 is 1.24 bits per heavy atom. The van der Waals surface area contributed by atoms with Crippen LogP contribution in [0.15, 0.2) is 41.0 Å². The topological polar surface area (TPSA) is 30.7 Å². The molecule has 0 N–H and O–H groups in total. The Labute approximate surface area is 137 Å². The zero-order valence-electron chi connectivity index (χ0n) is 11.7. The van der Waals surface area contributed by atoms with Crippen LogP contribution in [0.25, 0.3) is 11.2 Å². The summed E-state index contributed by atoms with van der Waals surface area (Å²) in [7, 11) is 0. The molecule has 0 saturated heterocycles. The predicted octanol–water partition coefficient (Wildman–Crippen LogP) is 4.33. The van der Waals surface area contributed by atoms with Crippen LogP contribution in [0.3, 0.4) is 0 Å². The van der Waals surface area contributed by atoms with Gasteiger partial charge in [0.1, 0.15) is 11.3 Å². The fraction of sp³-hybridized carbons (Fsp3) is 0.250. The van der Waals surface area contributed by atoms with Crippen molar-refractivity contribution in [2.75, 3.05) is 5.88 Å². The zero-order valence-corrected chi connectivity index (χ0v) is 14.0. The number of hydrogen-bond acceptors (Lipinski definition) is 2. The quantitative estimate of drug-likeness (QED) is 0.645. The normalized spacial score (nSPS) is 11.2. The minimum Gasteiger partial charge on any atom is -0.308 e. The average Bonchev–Trinajstić information content (AvgIpc) is 2.79. The maximum atomic E-state index is 5.91. The molecule has 0 fully saturated rings.